The van der Waals surface area contributed by atoms with Gasteiger partial charge in [-0.1, -0.05) is 34.8 Å². The van der Waals surface area contributed by atoms with E-state index in [4.69, 9.17) is 10.5 Å². The Kier molecular flexibility index (Phi) is 3.55. The molecule has 0 aromatic heterocycles. The van der Waals surface area contributed by atoms with Gasteiger partial charge in [0.25, 0.3) is 0 Å². The highest BCUT2D eigenvalue weighted by atomic mass is 79.9. The molecular formula is C13H18BrNO. The third-order valence-electron chi connectivity index (χ3n) is 3.68. The largest absolute Gasteiger partial charge is 0.496 e. The molecule has 0 atom stereocenters. The molecule has 2 N–H and O–H groups in total. The van der Waals surface area contributed by atoms with Gasteiger partial charge in [0.05, 0.1) is 7.11 Å². The lowest BCUT2D eigenvalue weighted by atomic mass is 9.78. The molecule has 1 aromatic carbocycles. The molecule has 0 saturated heterocycles. The predicted octanol–water partition coefficient (Wildman–Crippen LogP) is 3.23. The average Bonchev–Trinajstić information content (AvgIpc) is 2.78. The van der Waals surface area contributed by atoms with Gasteiger partial charge in [-0.25, -0.2) is 0 Å². The lowest BCUT2D eigenvalue weighted by molar-refractivity contribution is 0.376. The molecular weight excluding hydrogens is 266 g/mol. The van der Waals surface area contributed by atoms with Crippen LogP contribution in [0.1, 0.15) is 31.2 Å². The monoisotopic (exact) mass is 283 g/mol. The van der Waals surface area contributed by atoms with Crippen molar-refractivity contribution in [2.24, 2.45) is 5.73 Å². The topological polar surface area (TPSA) is 35.2 Å². The van der Waals surface area contributed by atoms with Crippen LogP contribution in [-0.4, -0.2) is 13.7 Å². The zero-order valence-electron chi connectivity index (χ0n) is 9.63. The average molecular weight is 284 g/mol. The molecule has 2 rings (SSSR count). The van der Waals surface area contributed by atoms with Gasteiger partial charge in [0, 0.05) is 22.0 Å². The Balaban J connectivity index is 2.52. The number of ether oxygens (including phenoxy) is 1. The molecule has 0 amide bonds. The quantitative estimate of drug-likeness (QED) is 0.925. The molecule has 0 bridgehead atoms. The Morgan fingerprint density at radius 3 is 2.62 bits per heavy atom. The molecule has 3 heteroatoms. The smallest absolute Gasteiger partial charge is 0.123 e. The van der Waals surface area contributed by atoms with E-state index in [2.05, 4.69) is 22.0 Å². The fourth-order valence-corrected chi connectivity index (χ4v) is 3.57. The van der Waals surface area contributed by atoms with Crippen molar-refractivity contribution in [2.75, 3.05) is 13.7 Å². The summed E-state index contributed by atoms with van der Waals surface area (Å²) in [5.74, 6) is 0.960. The van der Waals surface area contributed by atoms with Crippen molar-refractivity contribution in [3.05, 3.63) is 28.2 Å². The summed E-state index contributed by atoms with van der Waals surface area (Å²) in [6, 6.07) is 6.11. The minimum absolute atomic E-state index is 0.117. The molecule has 2 nitrogen and oxygen atoms in total. The van der Waals surface area contributed by atoms with Gasteiger partial charge >= 0.3 is 0 Å². The highest BCUT2D eigenvalue weighted by molar-refractivity contribution is 9.10. The summed E-state index contributed by atoms with van der Waals surface area (Å²) in [6.07, 6.45) is 4.87. The van der Waals surface area contributed by atoms with Gasteiger partial charge in [-0.3, -0.25) is 0 Å². The molecule has 1 saturated carbocycles. The van der Waals surface area contributed by atoms with Crippen LogP contribution in [0.4, 0.5) is 0 Å². The fraction of sp³-hybridized carbons (Fsp3) is 0.538. The van der Waals surface area contributed by atoms with Crippen molar-refractivity contribution in [3.63, 3.8) is 0 Å². The van der Waals surface area contributed by atoms with Crippen LogP contribution < -0.4 is 10.5 Å². The van der Waals surface area contributed by atoms with Gasteiger partial charge in [-0.05, 0) is 25.0 Å². The van der Waals surface area contributed by atoms with Gasteiger partial charge in [-0.15, -0.1) is 0 Å². The summed E-state index contributed by atoms with van der Waals surface area (Å²) < 4.78 is 6.60. The first-order valence-electron chi connectivity index (χ1n) is 5.76. The first-order chi connectivity index (χ1) is 7.73. The van der Waals surface area contributed by atoms with Crippen LogP contribution in [0, 0.1) is 0 Å². The maximum absolute atomic E-state index is 6.02. The number of benzene rings is 1. The number of hydrogen-bond donors (Lipinski definition) is 1. The summed E-state index contributed by atoms with van der Waals surface area (Å²) in [5, 5.41) is 0. The van der Waals surface area contributed by atoms with Crippen molar-refractivity contribution in [1.29, 1.82) is 0 Å². The van der Waals surface area contributed by atoms with Crippen LogP contribution in [0.15, 0.2) is 22.7 Å². The number of hydrogen-bond acceptors (Lipinski definition) is 2. The van der Waals surface area contributed by atoms with E-state index < -0.39 is 0 Å². The van der Waals surface area contributed by atoms with Crippen molar-refractivity contribution in [2.45, 2.75) is 31.1 Å². The number of methoxy groups -OCH3 is 1. The van der Waals surface area contributed by atoms with Crippen LogP contribution in [0.25, 0.3) is 0 Å². The first kappa shape index (κ1) is 11.9. The minimum Gasteiger partial charge on any atom is -0.496 e. The van der Waals surface area contributed by atoms with Crippen LogP contribution in [0.2, 0.25) is 0 Å². The lowest BCUT2D eigenvalue weighted by Crippen LogP contribution is -2.32. The molecule has 0 heterocycles. The Hall–Kier alpha value is -0.540. The molecule has 0 radical (unpaired) electrons. The molecule has 88 valence electrons. The summed E-state index contributed by atoms with van der Waals surface area (Å²) in [4.78, 5) is 0. The van der Waals surface area contributed by atoms with Crippen LogP contribution >= 0.6 is 15.9 Å². The van der Waals surface area contributed by atoms with Gasteiger partial charge in [0.1, 0.15) is 5.75 Å². The maximum atomic E-state index is 6.02. The molecule has 1 fully saturated rings. The standard InChI is InChI=1S/C13H18BrNO/c1-16-11-6-4-5-10(14)12(11)13(9-15)7-2-3-8-13/h4-6H,2-3,7-9,15H2,1H3. The van der Waals surface area contributed by atoms with E-state index in [0.717, 1.165) is 10.2 Å². The van der Waals surface area contributed by atoms with Gasteiger partial charge in [0.2, 0.25) is 0 Å². The molecule has 16 heavy (non-hydrogen) atoms. The van der Waals surface area contributed by atoms with Crippen molar-refractivity contribution in [1.82, 2.24) is 0 Å². The van der Waals surface area contributed by atoms with E-state index >= 15 is 0 Å². The SMILES string of the molecule is COc1cccc(Br)c1C1(CN)CCCC1. The second kappa shape index (κ2) is 4.76. The molecule has 0 unspecified atom stereocenters. The first-order valence-corrected chi connectivity index (χ1v) is 6.56. The Bertz CT molecular complexity index is 372. The van der Waals surface area contributed by atoms with E-state index in [-0.39, 0.29) is 5.41 Å². The molecule has 1 aliphatic rings. The number of halogens is 1. The Morgan fingerprint density at radius 2 is 2.06 bits per heavy atom. The van der Waals surface area contributed by atoms with Crippen molar-refractivity contribution in [3.8, 4) is 5.75 Å². The molecule has 0 spiro atoms. The third-order valence-corrected chi connectivity index (χ3v) is 4.34. The van der Waals surface area contributed by atoms with Gasteiger partial charge < -0.3 is 10.5 Å². The minimum atomic E-state index is 0.117. The van der Waals surface area contributed by atoms with Crippen LogP contribution in [-0.2, 0) is 5.41 Å². The van der Waals surface area contributed by atoms with Crippen LogP contribution in [0.3, 0.4) is 0 Å². The molecule has 0 aliphatic heterocycles. The van der Waals surface area contributed by atoms with E-state index in [1.807, 2.05) is 12.1 Å². The summed E-state index contributed by atoms with van der Waals surface area (Å²) in [6.45, 7) is 0.700. The number of nitrogens with two attached hydrogens (primary N) is 1. The van der Waals surface area contributed by atoms with E-state index in [9.17, 15) is 0 Å². The lowest BCUT2D eigenvalue weighted by Gasteiger charge is -2.30. The maximum Gasteiger partial charge on any atom is 0.123 e. The molecule has 1 aliphatic carbocycles. The highest BCUT2D eigenvalue weighted by Gasteiger charge is 2.37. The molecule has 1 aromatic rings. The van der Waals surface area contributed by atoms with Gasteiger partial charge in [-0.2, -0.15) is 0 Å². The van der Waals surface area contributed by atoms with Crippen molar-refractivity contribution >= 4 is 15.9 Å². The third kappa shape index (κ3) is 1.87. The van der Waals surface area contributed by atoms with Crippen LogP contribution in [0.5, 0.6) is 5.75 Å². The summed E-state index contributed by atoms with van der Waals surface area (Å²) in [5.41, 5.74) is 7.39. The van der Waals surface area contributed by atoms with E-state index in [1.165, 1.54) is 31.2 Å². The van der Waals surface area contributed by atoms with E-state index in [1.54, 1.807) is 7.11 Å². The predicted molar refractivity (Wildman–Crippen MR) is 69.9 cm³/mol. The van der Waals surface area contributed by atoms with Crippen molar-refractivity contribution < 1.29 is 4.74 Å². The Labute approximate surface area is 105 Å². The second-order valence-corrected chi connectivity index (χ2v) is 5.36. The number of rotatable bonds is 3. The second-order valence-electron chi connectivity index (χ2n) is 4.51. The van der Waals surface area contributed by atoms with Gasteiger partial charge in [0.15, 0.2) is 0 Å². The highest BCUT2D eigenvalue weighted by Crippen LogP contribution is 2.46. The zero-order valence-corrected chi connectivity index (χ0v) is 11.2. The Morgan fingerprint density at radius 1 is 1.38 bits per heavy atom. The van der Waals surface area contributed by atoms with E-state index in [0.29, 0.717) is 6.54 Å². The summed E-state index contributed by atoms with van der Waals surface area (Å²) in [7, 11) is 1.73. The summed E-state index contributed by atoms with van der Waals surface area (Å²) >= 11 is 3.64. The zero-order chi connectivity index (χ0) is 11.6. The normalized spacial score (nSPS) is 18.7. The fourth-order valence-electron chi connectivity index (χ4n) is 2.80.